The summed E-state index contributed by atoms with van der Waals surface area (Å²) in [6, 6.07) is 13.7. The van der Waals surface area contributed by atoms with Gasteiger partial charge in [0.1, 0.15) is 35.3 Å². The van der Waals surface area contributed by atoms with Crippen LogP contribution in [0, 0.1) is 23.6 Å². The van der Waals surface area contributed by atoms with Crippen LogP contribution in [-0.4, -0.2) is 97.7 Å². The third kappa shape index (κ3) is 8.83. The van der Waals surface area contributed by atoms with Crippen LogP contribution in [0.5, 0.6) is 5.75 Å². The van der Waals surface area contributed by atoms with Crippen LogP contribution in [0.25, 0.3) is 44.7 Å². The zero-order valence-electron chi connectivity index (χ0n) is 39.6. The minimum absolute atomic E-state index is 0.150. The zero-order valence-corrected chi connectivity index (χ0v) is 40.5. The number of H-pyrrole nitrogens is 2. The number of rotatable bonds is 13. The van der Waals surface area contributed by atoms with Crippen molar-refractivity contribution < 1.29 is 37.8 Å². The number of amides is 4. The summed E-state index contributed by atoms with van der Waals surface area (Å²) >= 11 is 1.73. The maximum atomic E-state index is 16.9. The predicted octanol–water partition coefficient (Wildman–Crippen LogP) is 9.27. The number of benzene rings is 2. The summed E-state index contributed by atoms with van der Waals surface area (Å²) in [6.45, 7) is 8.59. The number of imidazole rings is 2. The molecule has 0 spiro atoms. The Hall–Kier alpha value is -6.69. The molecule has 3 fully saturated rings. The van der Waals surface area contributed by atoms with Crippen molar-refractivity contribution in [1.29, 1.82) is 0 Å². The van der Waals surface area contributed by atoms with Gasteiger partial charge in [-0.3, -0.25) is 14.2 Å². The maximum Gasteiger partial charge on any atom is 0.407 e. The molecule has 6 aromatic rings. The van der Waals surface area contributed by atoms with Crippen LogP contribution in [-0.2, 0) is 25.5 Å². The molecule has 2 saturated heterocycles. The first-order valence-corrected chi connectivity index (χ1v) is 24.8. The molecule has 7 heterocycles. The number of hydrogen-bond acceptors (Lipinski definition) is 10. The van der Waals surface area contributed by atoms with E-state index in [1.54, 1.807) is 33.5 Å². The number of thiophene rings is 1. The van der Waals surface area contributed by atoms with Crippen molar-refractivity contribution >= 4 is 46.2 Å². The summed E-state index contributed by atoms with van der Waals surface area (Å²) in [6.07, 6.45) is 8.05. The van der Waals surface area contributed by atoms with Gasteiger partial charge < -0.3 is 44.6 Å². The van der Waals surface area contributed by atoms with Gasteiger partial charge in [-0.05, 0) is 105 Å². The number of nitrogens with zero attached hydrogens (tertiary/aromatic N) is 5. The molecule has 4 aliphatic rings. The Morgan fingerprint density at radius 3 is 1.94 bits per heavy atom. The second-order valence-electron chi connectivity index (χ2n) is 19.4. The van der Waals surface area contributed by atoms with Gasteiger partial charge in [-0.15, -0.1) is 11.3 Å². The number of hydrogen-bond donors (Lipinski definition) is 4. The Kier molecular flexibility index (Phi) is 12.5. The number of likely N-dealkylation sites (tertiary alicyclic amines) is 2. The van der Waals surface area contributed by atoms with E-state index in [9.17, 15) is 19.2 Å². The zero-order chi connectivity index (χ0) is 48.2. The second kappa shape index (κ2) is 18.7. The smallest absolute Gasteiger partial charge is 0.407 e. The molecule has 4 aromatic heterocycles. The Balaban J connectivity index is 0.965. The SMILES string of the molecule is COC(=O)NC(C(=O)N1CCCC1c1ncc(-c2cc(F)c3c(c2)OC(c2ccc(CC4CC4)s2)n2c-3cc3cc(-c4cnc(C5CCCN5C(=O)C(NC(=O)OC)C(C)C)[nH]4)ccc32)[nH]1)C(C)C. The number of carbonyl (C=O) groups excluding carboxylic acids is 4. The molecule has 3 aliphatic heterocycles. The summed E-state index contributed by atoms with van der Waals surface area (Å²) < 4.78 is 35.6. The number of carbonyl (C=O) groups is 4. The molecule has 0 bridgehead atoms. The van der Waals surface area contributed by atoms with E-state index >= 15 is 4.39 Å². The minimum atomic E-state index is -0.768. The summed E-state index contributed by atoms with van der Waals surface area (Å²) in [5, 5.41) is 6.29. The van der Waals surface area contributed by atoms with E-state index in [1.807, 2.05) is 52.0 Å². The Morgan fingerprint density at radius 1 is 0.783 bits per heavy atom. The quantitative estimate of drug-likeness (QED) is 0.0875. The standard InChI is InChI=1S/C51H58FN9O7S/c1-26(2)43(57-50(64)66-5)47(62)59-17-7-9-37(59)45-53-24-34(55-45)29-13-15-36-31(20-29)22-39-42-33(52)21-30(23-40(42)68-49(61(36)39)41-16-14-32(69-41)19-28-11-12-28)35-25-54-46(56-35)38-10-8-18-60(38)48(63)44(27(3)4)58-51(65)67-6/h13-16,20-28,37-38,43-44,49H,7-12,17-19H2,1-6H3,(H,53,55)(H,54,56)(H,57,64)(H,58,65). The van der Waals surface area contributed by atoms with Crippen molar-refractivity contribution in [3.8, 4) is 39.5 Å². The molecular weight excluding hydrogens is 902 g/mol. The van der Waals surface area contributed by atoms with E-state index in [0.717, 1.165) is 52.7 Å². The van der Waals surface area contributed by atoms with Crippen LogP contribution in [0.3, 0.4) is 0 Å². The molecule has 5 atom stereocenters. The summed E-state index contributed by atoms with van der Waals surface area (Å²) in [5.74, 6) is 1.20. The molecule has 1 saturated carbocycles. The Morgan fingerprint density at radius 2 is 1.38 bits per heavy atom. The highest BCUT2D eigenvalue weighted by Gasteiger charge is 2.40. The van der Waals surface area contributed by atoms with Gasteiger partial charge in [0.2, 0.25) is 18.0 Å². The van der Waals surface area contributed by atoms with Gasteiger partial charge in [-0.2, -0.15) is 0 Å². The molecule has 16 nitrogen and oxygen atoms in total. The fourth-order valence-corrected chi connectivity index (χ4v) is 11.4. The number of alkyl carbamates (subject to hydrolysis) is 2. The van der Waals surface area contributed by atoms with Crippen molar-refractivity contribution in [2.24, 2.45) is 17.8 Å². The third-order valence-corrected chi connectivity index (χ3v) is 15.2. The van der Waals surface area contributed by atoms with Gasteiger partial charge in [-0.1, -0.05) is 33.8 Å². The van der Waals surface area contributed by atoms with Crippen LogP contribution in [0.4, 0.5) is 14.0 Å². The van der Waals surface area contributed by atoms with Gasteiger partial charge >= 0.3 is 12.2 Å². The summed E-state index contributed by atoms with van der Waals surface area (Å²) in [5.41, 5.74) is 4.70. The molecule has 4 N–H and O–H groups in total. The Labute approximate surface area is 403 Å². The molecular formula is C51H58FN9O7S. The first kappa shape index (κ1) is 46.1. The lowest BCUT2D eigenvalue weighted by atomic mass is 10.0. The third-order valence-electron chi connectivity index (χ3n) is 14.0. The lowest BCUT2D eigenvalue weighted by Crippen LogP contribution is -2.51. The van der Waals surface area contributed by atoms with Crippen LogP contribution < -0.4 is 15.4 Å². The minimum Gasteiger partial charge on any atom is -0.464 e. The maximum absolute atomic E-state index is 16.9. The van der Waals surface area contributed by atoms with Gasteiger partial charge in [-0.25, -0.2) is 23.9 Å². The van der Waals surface area contributed by atoms with E-state index < -0.39 is 36.3 Å². The fraction of sp³-hybridized carbons (Fsp3) is 0.451. The number of halogens is 1. The van der Waals surface area contributed by atoms with Crippen molar-refractivity contribution in [1.82, 2.24) is 44.9 Å². The van der Waals surface area contributed by atoms with Crippen molar-refractivity contribution in [2.75, 3.05) is 27.3 Å². The highest BCUT2D eigenvalue weighted by atomic mass is 32.1. The Bertz CT molecular complexity index is 2930. The second-order valence-corrected chi connectivity index (χ2v) is 20.6. The molecule has 18 heteroatoms. The lowest BCUT2D eigenvalue weighted by molar-refractivity contribution is -0.136. The highest BCUT2D eigenvalue weighted by molar-refractivity contribution is 7.12. The highest BCUT2D eigenvalue weighted by Crippen LogP contribution is 2.49. The molecule has 2 aromatic carbocycles. The summed E-state index contributed by atoms with van der Waals surface area (Å²) in [7, 11) is 2.55. The van der Waals surface area contributed by atoms with Gasteiger partial charge in [0.15, 0.2) is 0 Å². The van der Waals surface area contributed by atoms with Crippen molar-refractivity contribution in [3.63, 3.8) is 0 Å². The van der Waals surface area contributed by atoms with E-state index in [4.69, 9.17) is 24.2 Å². The van der Waals surface area contributed by atoms with Crippen molar-refractivity contribution in [2.45, 2.75) is 103 Å². The molecule has 69 heavy (non-hydrogen) atoms. The molecule has 5 unspecified atom stereocenters. The van der Waals surface area contributed by atoms with E-state index in [-0.39, 0.29) is 35.7 Å². The number of aromatic nitrogens is 5. The first-order valence-electron chi connectivity index (χ1n) is 23.9. The van der Waals surface area contributed by atoms with Crippen LogP contribution in [0.2, 0.25) is 0 Å². The topological polar surface area (TPSA) is 189 Å². The molecule has 0 radical (unpaired) electrons. The van der Waals surface area contributed by atoms with Crippen LogP contribution in [0.1, 0.15) is 106 Å². The predicted molar refractivity (Wildman–Crippen MR) is 258 cm³/mol. The number of fused-ring (bicyclic) bond motifs is 5. The number of aromatic amines is 2. The van der Waals surface area contributed by atoms with Gasteiger partial charge in [0, 0.05) is 34.5 Å². The van der Waals surface area contributed by atoms with Gasteiger partial charge in [0.05, 0.1) is 71.7 Å². The van der Waals surface area contributed by atoms with E-state index in [0.29, 0.717) is 65.3 Å². The fourth-order valence-electron chi connectivity index (χ4n) is 10.2. The largest absolute Gasteiger partial charge is 0.464 e. The van der Waals surface area contributed by atoms with E-state index in [1.165, 1.54) is 38.0 Å². The average molecular weight is 960 g/mol. The van der Waals surface area contributed by atoms with Crippen LogP contribution >= 0.6 is 11.3 Å². The number of nitrogens with one attached hydrogen (secondary N) is 4. The van der Waals surface area contributed by atoms with E-state index in [2.05, 4.69) is 43.4 Å². The molecule has 4 amide bonds. The molecule has 1 aliphatic carbocycles. The summed E-state index contributed by atoms with van der Waals surface area (Å²) in [4.78, 5) is 74.2. The molecule has 10 rings (SSSR count). The molecule has 362 valence electrons. The normalized spacial score (nSPS) is 19.6. The monoisotopic (exact) mass is 959 g/mol. The average Bonchev–Trinajstić information content (AvgIpc) is 4.07. The lowest BCUT2D eigenvalue weighted by Gasteiger charge is -2.30. The first-order chi connectivity index (χ1) is 33.3. The van der Waals surface area contributed by atoms with Gasteiger partial charge in [0.25, 0.3) is 0 Å². The number of methoxy groups -OCH3 is 2. The van der Waals surface area contributed by atoms with Crippen molar-refractivity contribution in [3.05, 3.63) is 88.1 Å². The van der Waals surface area contributed by atoms with Crippen LogP contribution in [0.15, 0.2) is 60.9 Å². The number of ether oxygens (including phenoxy) is 3.